The van der Waals surface area contributed by atoms with Crippen molar-refractivity contribution in [1.29, 1.82) is 0 Å². The molecule has 254 valence electrons. The zero-order valence-corrected chi connectivity index (χ0v) is 30.4. The van der Waals surface area contributed by atoms with Crippen LogP contribution in [0.2, 0.25) is 0 Å². The fourth-order valence-electron chi connectivity index (χ4n) is 7.85. The van der Waals surface area contributed by atoms with E-state index in [1.807, 2.05) is 11.3 Å². The molecule has 0 saturated heterocycles. The second-order valence-electron chi connectivity index (χ2n) is 13.7. The first-order chi connectivity index (χ1) is 26.8. The minimum atomic E-state index is 1.11. The van der Waals surface area contributed by atoms with E-state index in [9.17, 15) is 0 Å². The van der Waals surface area contributed by atoms with Crippen LogP contribution >= 0.6 is 11.3 Å². The third kappa shape index (κ3) is 5.74. The van der Waals surface area contributed by atoms with Crippen molar-refractivity contribution in [3.8, 4) is 48.8 Å². The van der Waals surface area contributed by atoms with Gasteiger partial charge in [-0.1, -0.05) is 164 Å². The van der Waals surface area contributed by atoms with Crippen molar-refractivity contribution in [2.24, 2.45) is 0 Å². The molecular weight excluding hydrogens is 671 g/mol. The van der Waals surface area contributed by atoms with Crippen LogP contribution < -0.4 is 0 Å². The van der Waals surface area contributed by atoms with Gasteiger partial charge in [0.15, 0.2) is 0 Å². The van der Waals surface area contributed by atoms with Crippen LogP contribution in [0.5, 0.6) is 0 Å². The molecule has 10 rings (SSSR count). The van der Waals surface area contributed by atoms with Crippen LogP contribution in [-0.2, 0) is 0 Å². The van der Waals surface area contributed by atoms with Crippen LogP contribution in [0.25, 0.3) is 92.2 Å². The number of hydrogen-bond donors (Lipinski definition) is 0. The van der Waals surface area contributed by atoms with E-state index in [-0.39, 0.29) is 0 Å². The molecule has 0 bridgehead atoms. The summed E-state index contributed by atoms with van der Waals surface area (Å²) in [5.74, 6) is 0. The first-order valence-corrected chi connectivity index (χ1v) is 19.2. The second kappa shape index (κ2) is 13.7. The third-order valence-electron chi connectivity index (χ3n) is 10.5. The maximum absolute atomic E-state index is 2.47. The molecule has 10 aromatic rings. The van der Waals surface area contributed by atoms with Gasteiger partial charge in [-0.2, -0.15) is 0 Å². The molecule has 0 amide bonds. The number of thiophene rings is 1. The second-order valence-corrected chi connectivity index (χ2v) is 14.8. The van der Waals surface area contributed by atoms with Crippen LogP contribution in [-0.4, -0.2) is 4.57 Å². The Morgan fingerprint density at radius 2 is 0.611 bits per heavy atom. The first kappa shape index (κ1) is 32.0. The number of aromatic nitrogens is 1. The van der Waals surface area contributed by atoms with Crippen LogP contribution in [0.15, 0.2) is 212 Å². The van der Waals surface area contributed by atoms with E-state index in [0.717, 1.165) is 16.7 Å². The normalized spacial score (nSPS) is 11.3. The van der Waals surface area contributed by atoms with E-state index in [1.165, 1.54) is 75.5 Å². The first-order valence-electron chi connectivity index (χ1n) is 18.4. The standard InChI is InChI=1S/C52H35NS/c1-4-14-36(15-5-1)40-26-30-49-47(34-40)45-22-12-10-20-43(45)44-21-11-13-23-46(44)48-35-41(37-16-6-2-7-17-37)27-31-50(48)53(49)42-28-24-39(25-29-42)52-33-32-51(54-52)38-18-8-3-9-19-38/h1-35H. The third-order valence-corrected chi connectivity index (χ3v) is 11.7. The molecule has 0 saturated carbocycles. The molecule has 2 aromatic heterocycles. The lowest BCUT2D eigenvalue weighted by molar-refractivity contribution is 1.17. The molecule has 1 nitrogen and oxygen atoms in total. The Kier molecular flexibility index (Phi) is 8.09. The lowest BCUT2D eigenvalue weighted by Gasteiger charge is -2.16. The van der Waals surface area contributed by atoms with Crippen LogP contribution in [0.3, 0.4) is 0 Å². The monoisotopic (exact) mass is 705 g/mol. The number of nitrogens with zero attached hydrogens (tertiary/aromatic N) is 1. The molecule has 8 aromatic carbocycles. The lowest BCUT2D eigenvalue weighted by Crippen LogP contribution is -1.98. The minimum absolute atomic E-state index is 1.11. The number of rotatable bonds is 5. The van der Waals surface area contributed by atoms with Crippen molar-refractivity contribution < 1.29 is 0 Å². The molecule has 0 atom stereocenters. The van der Waals surface area contributed by atoms with E-state index in [2.05, 4.69) is 217 Å². The maximum Gasteiger partial charge on any atom is 0.0540 e. The summed E-state index contributed by atoms with van der Waals surface area (Å²) in [6, 6.07) is 77.4. The molecule has 0 aliphatic carbocycles. The van der Waals surface area contributed by atoms with E-state index in [4.69, 9.17) is 0 Å². The van der Waals surface area contributed by atoms with Crippen molar-refractivity contribution in [2.45, 2.75) is 0 Å². The van der Waals surface area contributed by atoms with Gasteiger partial charge in [-0.05, 0) is 103 Å². The van der Waals surface area contributed by atoms with Gasteiger partial charge in [0.05, 0.1) is 11.0 Å². The van der Waals surface area contributed by atoms with Crippen LogP contribution in [0.1, 0.15) is 0 Å². The average Bonchev–Trinajstić information content (AvgIpc) is 3.77. The largest absolute Gasteiger partial charge is 0.309 e. The van der Waals surface area contributed by atoms with Crippen molar-refractivity contribution in [2.75, 3.05) is 0 Å². The molecule has 0 radical (unpaired) electrons. The quantitative estimate of drug-likeness (QED) is 0.168. The molecule has 0 unspecified atom stereocenters. The Morgan fingerprint density at radius 1 is 0.259 bits per heavy atom. The summed E-state index contributed by atoms with van der Waals surface area (Å²) in [5.41, 5.74) is 10.6. The van der Waals surface area contributed by atoms with Gasteiger partial charge in [-0.15, -0.1) is 11.3 Å². The summed E-state index contributed by atoms with van der Waals surface area (Å²) in [7, 11) is 0. The highest BCUT2D eigenvalue weighted by molar-refractivity contribution is 7.18. The Labute approximate surface area is 319 Å². The fourth-order valence-corrected chi connectivity index (χ4v) is 8.87. The SMILES string of the molecule is c1ccc(-c2ccc3c(c2)c2ccccc2c2ccccc2c2cc(-c4ccccc4)ccc2n3-c2ccc(-c3ccc(-c4ccccc4)s3)cc2)cc1. The molecule has 54 heavy (non-hydrogen) atoms. The average molecular weight is 706 g/mol. The molecule has 2 heteroatoms. The minimum Gasteiger partial charge on any atom is -0.309 e. The summed E-state index contributed by atoms with van der Waals surface area (Å²) in [5, 5.41) is 7.25. The Bertz CT molecular complexity index is 2860. The summed E-state index contributed by atoms with van der Waals surface area (Å²) < 4.78 is 2.47. The Balaban J connectivity index is 1.31. The molecule has 0 aliphatic heterocycles. The van der Waals surface area contributed by atoms with Crippen molar-refractivity contribution >= 4 is 54.7 Å². The van der Waals surface area contributed by atoms with Gasteiger partial charge < -0.3 is 4.57 Å². The molecule has 0 spiro atoms. The molecular formula is C52H35NS. The molecule has 0 aliphatic rings. The summed E-state index contributed by atoms with van der Waals surface area (Å²) in [6.45, 7) is 0. The predicted molar refractivity (Wildman–Crippen MR) is 233 cm³/mol. The Morgan fingerprint density at radius 3 is 1.06 bits per heavy atom. The number of hydrogen-bond acceptors (Lipinski definition) is 1. The summed E-state index contributed by atoms with van der Waals surface area (Å²) in [4.78, 5) is 2.53. The predicted octanol–water partition coefficient (Wildman–Crippen LogP) is 14.9. The lowest BCUT2D eigenvalue weighted by atomic mass is 9.98. The van der Waals surface area contributed by atoms with E-state index >= 15 is 0 Å². The number of fused-ring (bicyclic) bond motifs is 7. The highest BCUT2D eigenvalue weighted by Crippen LogP contribution is 2.39. The van der Waals surface area contributed by atoms with E-state index < -0.39 is 0 Å². The van der Waals surface area contributed by atoms with Crippen molar-refractivity contribution in [3.63, 3.8) is 0 Å². The van der Waals surface area contributed by atoms with Gasteiger partial charge >= 0.3 is 0 Å². The zero-order chi connectivity index (χ0) is 35.8. The molecule has 2 heterocycles. The van der Waals surface area contributed by atoms with Gasteiger partial charge in [0.1, 0.15) is 0 Å². The van der Waals surface area contributed by atoms with Gasteiger partial charge in [0.25, 0.3) is 0 Å². The van der Waals surface area contributed by atoms with Gasteiger partial charge in [-0.3, -0.25) is 0 Å². The maximum atomic E-state index is 2.47. The fraction of sp³-hybridized carbons (Fsp3) is 0. The molecule has 0 fully saturated rings. The highest BCUT2D eigenvalue weighted by Gasteiger charge is 2.14. The summed E-state index contributed by atoms with van der Waals surface area (Å²) in [6.07, 6.45) is 0. The van der Waals surface area contributed by atoms with Crippen LogP contribution in [0.4, 0.5) is 0 Å². The van der Waals surface area contributed by atoms with Crippen molar-refractivity contribution in [3.05, 3.63) is 212 Å². The smallest absolute Gasteiger partial charge is 0.0540 e. The number of benzene rings is 8. The van der Waals surface area contributed by atoms with Crippen LogP contribution in [0, 0.1) is 0 Å². The molecule has 0 N–H and O–H groups in total. The Hall–Kier alpha value is -6.74. The van der Waals surface area contributed by atoms with Crippen molar-refractivity contribution in [1.82, 2.24) is 4.57 Å². The van der Waals surface area contributed by atoms with Gasteiger partial charge in [-0.25, -0.2) is 0 Å². The van der Waals surface area contributed by atoms with E-state index in [0.29, 0.717) is 0 Å². The van der Waals surface area contributed by atoms with Gasteiger partial charge in [0.2, 0.25) is 0 Å². The summed E-state index contributed by atoms with van der Waals surface area (Å²) >= 11 is 1.84. The van der Waals surface area contributed by atoms with E-state index in [1.54, 1.807) is 0 Å². The van der Waals surface area contributed by atoms with Gasteiger partial charge in [0, 0.05) is 26.2 Å². The zero-order valence-electron chi connectivity index (χ0n) is 29.6. The topological polar surface area (TPSA) is 4.93 Å². The highest BCUT2D eigenvalue weighted by atomic mass is 32.1.